The van der Waals surface area contributed by atoms with Crippen molar-refractivity contribution in [3.63, 3.8) is 0 Å². The van der Waals surface area contributed by atoms with E-state index in [1.54, 1.807) is 6.92 Å². The molecule has 0 fully saturated rings. The lowest BCUT2D eigenvalue weighted by molar-refractivity contribution is 0.0920. The lowest BCUT2D eigenvalue weighted by Gasteiger charge is -2.20. The summed E-state index contributed by atoms with van der Waals surface area (Å²) in [5.41, 5.74) is 0.771. The fourth-order valence-corrected chi connectivity index (χ4v) is 2.38. The maximum atomic E-state index is 12.4. The molecule has 0 aliphatic carbocycles. The van der Waals surface area contributed by atoms with E-state index in [2.05, 4.69) is 10.3 Å². The zero-order valence-corrected chi connectivity index (χ0v) is 12.9. The highest BCUT2D eigenvalue weighted by atomic mass is 35.5. The van der Waals surface area contributed by atoms with Gasteiger partial charge >= 0.3 is 6.09 Å². The number of fused-ring (bicyclic) bond motifs is 1. The van der Waals surface area contributed by atoms with Crippen molar-refractivity contribution in [3.8, 4) is 0 Å². The fraction of sp³-hybridized carbons (Fsp3) is 0.357. The minimum Gasteiger partial charge on any atom is -0.464 e. The normalized spacial score (nSPS) is 11.7. The van der Waals surface area contributed by atoms with Gasteiger partial charge in [-0.1, -0.05) is 11.6 Å². The largest absolute Gasteiger partial charge is 0.464 e. The second-order valence-electron chi connectivity index (χ2n) is 5.86. The molecule has 0 aromatic carbocycles. The Morgan fingerprint density at radius 1 is 1.38 bits per heavy atom. The summed E-state index contributed by atoms with van der Waals surface area (Å²) in [5.74, 6) is -0.317. The lowest BCUT2D eigenvalue weighted by Crippen LogP contribution is -2.40. The SMILES string of the molecule is Cc1cn(C(=O)O)c2c(Cl)ncc(C(=O)NC(C)(C)C)c12. The summed E-state index contributed by atoms with van der Waals surface area (Å²) in [4.78, 5) is 27.6. The van der Waals surface area contributed by atoms with Crippen LogP contribution in [-0.4, -0.2) is 32.2 Å². The number of hydrogen-bond acceptors (Lipinski definition) is 3. The van der Waals surface area contributed by atoms with Crippen molar-refractivity contribution in [2.24, 2.45) is 0 Å². The van der Waals surface area contributed by atoms with E-state index in [0.29, 0.717) is 16.5 Å². The zero-order chi connectivity index (χ0) is 15.9. The van der Waals surface area contributed by atoms with E-state index in [-0.39, 0.29) is 16.6 Å². The van der Waals surface area contributed by atoms with Crippen LogP contribution in [0.5, 0.6) is 0 Å². The highest BCUT2D eigenvalue weighted by Crippen LogP contribution is 2.29. The number of carboxylic acid groups (broad SMARTS) is 1. The molecule has 0 spiro atoms. The summed E-state index contributed by atoms with van der Waals surface area (Å²) in [6.45, 7) is 7.31. The number of carbonyl (C=O) groups excluding carboxylic acids is 1. The summed E-state index contributed by atoms with van der Waals surface area (Å²) in [7, 11) is 0. The van der Waals surface area contributed by atoms with Crippen molar-refractivity contribution in [3.05, 3.63) is 28.7 Å². The first-order chi connectivity index (χ1) is 9.61. The Morgan fingerprint density at radius 3 is 2.52 bits per heavy atom. The minimum atomic E-state index is -1.18. The van der Waals surface area contributed by atoms with Gasteiger partial charge in [0.25, 0.3) is 5.91 Å². The Labute approximate surface area is 126 Å². The molecule has 1 amide bonds. The van der Waals surface area contributed by atoms with Crippen molar-refractivity contribution in [2.75, 3.05) is 0 Å². The van der Waals surface area contributed by atoms with Crippen LogP contribution in [-0.2, 0) is 0 Å². The molecular weight excluding hydrogens is 294 g/mol. The molecule has 2 rings (SSSR count). The van der Waals surface area contributed by atoms with Crippen molar-refractivity contribution < 1.29 is 14.7 Å². The summed E-state index contributed by atoms with van der Waals surface area (Å²) < 4.78 is 0.980. The molecule has 2 aromatic rings. The highest BCUT2D eigenvalue weighted by Gasteiger charge is 2.23. The Morgan fingerprint density at radius 2 is 2.00 bits per heavy atom. The molecule has 0 atom stereocenters. The molecule has 0 bridgehead atoms. The van der Waals surface area contributed by atoms with Crippen LogP contribution in [0, 0.1) is 6.92 Å². The first-order valence-corrected chi connectivity index (χ1v) is 6.71. The van der Waals surface area contributed by atoms with Crippen molar-refractivity contribution in [2.45, 2.75) is 33.2 Å². The van der Waals surface area contributed by atoms with E-state index >= 15 is 0 Å². The van der Waals surface area contributed by atoms with E-state index in [0.717, 1.165) is 4.57 Å². The van der Waals surface area contributed by atoms with E-state index in [9.17, 15) is 14.7 Å². The monoisotopic (exact) mass is 309 g/mol. The summed E-state index contributed by atoms with van der Waals surface area (Å²) in [5, 5.41) is 12.6. The molecule has 0 saturated heterocycles. The molecule has 0 unspecified atom stereocenters. The van der Waals surface area contributed by atoms with E-state index in [4.69, 9.17) is 11.6 Å². The smallest absolute Gasteiger partial charge is 0.416 e. The molecular formula is C14H16ClN3O3. The Kier molecular flexibility index (Phi) is 3.67. The van der Waals surface area contributed by atoms with Crippen LogP contribution in [0.4, 0.5) is 4.79 Å². The van der Waals surface area contributed by atoms with Gasteiger partial charge in [-0.15, -0.1) is 0 Å². The molecule has 2 heterocycles. The van der Waals surface area contributed by atoms with Gasteiger partial charge in [-0.05, 0) is 33.3 Å². The third-order valence-corrected chi connectivity index (χ3v) is 3.18. The predicted octanol–water partition coefficient (Wildman–Crippen LogP) is 3.05. The van der Waals surface area contributed by atoms with Crippen LogP contribution in [0.25, 0.3) is 10.9 Å². The molecule has 0 aliphatic heterocycles. The maximum absolute atomic E-state index is 12.4. The number of amides is 1. The van der Waals surface area contributed by atoms with Crippen LogP contribution in [0.2, 0.25) is 5.15 Å². The molecule has 112 valence electrons. The second kappa shape index (κ2) is 5.04. The van der Waals surface area contributed by atoms with Gasteiger partial charge in [-0.2, -0.15) is 0 Å². The van der Waals surface area contributed by atoms with Crippen LogP contribution in [0.1, 0.15) is 36.7 Å². The number of pyridine rings is 1. The van der Waals surface area contributed by atoms with Gasteiger partial charge in [-0.25, -0.2) is 14.3 Å². The molecule has 0 aliphatic rings. The highest BCUT2D eigenvalue weighted by molar-refractivity contribution is 6.35. The molecule has 7 heteroatoms. The first kappa shape index (κ1) is 15.3. The molecule has 2 N–H and O–H groups in total. The summed E-state index contributed by atoms with van der Waals surface area (Å²) in [6, 6.07) is 0. The third-order valence-electron chi connectivity index (χ3n) is 2.91. The van der Waals surface area contributed by atoms with Crippen molar-refractivity contribution >= 4 is 34.5 Å². The maximum Gasteiger partial charge on any atom is 0.416 e. The number of rotatable bonds is 1. The number of aryl methyl sites for hydroxylation is 1. The number of halogens is 1. The van der Waals surface area contributed by atoms with Gasteiger partial charge < -0.3 is 10.4 Å². The van der Waals surface area contributed by atoms with Gasteiger partial charge in [-0.3, -0.25) is 4.79 Å². The van der Waals surface area contributed by atoms with E-state index in [1.807, 2.05) is 20.8 Å². The van der Waals surface area contributed by atoms with Gasteiger partial charge in [0.1, 0.15) is 0 Å². The molecule has 2 aromatic heterocycles. The van der Waals surface area contributed by atoms with Crippen LogP contribution in [0.15, 0.2) is 12.4 Å². The van der Waals surface area contributed by atoms with Crippen LogP contribution >= 0.6 is 11.6 Å². The lowest BCUT2D eigenvalue weighted by atomic mass is 10.1. The Hall–Kier alpha value is -2.08. The molecule has 21 heavy (non-hydrogen) atoms. The summed E-state index contributed by atoms with van der Waals surface area (Å²) in [6.07, 6.45) is 1.62. The standard InChI is InChI=1S/C14H16ClN3O3/c1-7-6-18(13(20)21)10-9(7)8(5-16-11(10)15)12(19)17-14(2,3)4/h5-6H,1-4H3,(H,17,19)(H,20,21). The van der Waals surface area contributed by atoms with Crippen LogP contribution in [0.3, 0.4) is 0 Å². The second-order valence-corrected chi connectivity index (χ2v) is 6.21. The average molecular weight is 310 g/mol. The van der Waals surface area contributed by atoms with Crippen LogP contribution < -0.4 is 5.32 Å². The molecule has 0 saturated carbocycles. The van der Waals surface area contributed by atoms with E-state index in [1.165, 1.54) is 12.4 Å². The fourth-order valence-electron chi connectivity index (χ4n) is 2.15. The van der Waals surface area contributed by atoms with Gasteiger partial charge in [0.15, 0.2) is 5.15 Å². The molecule has 0 radical (unpaired) electrons. The van der Waals surface area contributed by atoms with Gasteiger partial charge in [0.2, 0.25) is 0 Å². The number of carbonyl (C=O) groups is 2. The predicted molar refractivity (Wildman–Crippen MR) is 80.1 cm³/mol. The Bertz CT molecular complexity index is 744. The van der Waals surface area contributed by atoms with Crippen molar-refractivity contribution in [1.29, 1.82) is 0 Å². The minimum absolute atomic E-state index is 0.0489. The van der Waals surface area contributed by atoms with Gasteiger partial charge in [0, 0.05) is 23.3 Å². The van der Waals surface area contributed by atoms with Crippen molar-refractivity contribution in [1.82, 2.24) is 14.9 Å². The average Bonchev–Trinajstić information content (AvgIpc) is 2.67. The Balaban J connectivity index is 2.70. The quantitative estimate of drug-likeness (QED) is 0.793. The van der Waals surface area contributed by atoms with E-state index < -0.39 is 11.6 Å². The third kappa shape index (κ3) is 2.85. The summed E-state index contributed by atoms with van der Waals surface area (Å²) >= 11 is 6.00. The topological polar surface area (TPSA) is 84.2 Å². The number of hydrogen-bond donors (Lipinski definition) is 2. The number of nitrogens with one attached hydrogen (secondary N) is 1. The zero-order valence-electron chi connectivity index (χ0n) is 12.2. The number of aromatic nitrogens is 2. The first-order valence-electron chi connectivity index (χ1n) is 6.34. The molecule has 6 nitrogen and oxygen atoms in total. The van der Waals surface area contributed by atoms with Gasteiger partial charge in [0.05, 0.1) is 11.1 Å². The number of nitrogens with zero attached hydrogens (tertiary/aromatic N) is 2.